The van der Waals surface area contributed by atoms with E-state index in [1.165, 1.54) is 0 Å². The number of nitriles is 1. The van der Waals surface area contributed by atoms with E-state index in [0.29, 0.717) is 6.04 Å². The third-order valence-corrected chi connectivity index (χ3v) is 3.08. The van der Waals surface area contributed by atoms with Gasteiger partial charge >= 0.3 is 0 Å². The summed E-state index contributed by atoms with van der Waals surface area (Å²) in [6.45, 7) is 8.45. The fourth-order valence-corrected chi connectivity index (χ4v) is 2.66. The molecule has 1 atom stereocenters. The molecule has 90 valence electrons. The molecule has 1 N–H and O–H groups in total. The second kappa shape index (κ2) is 4.38. The highest BCUT2D eigenvalue weighted by Crippen LogP contribution is 2.24. The number of hydrogen-bond acceptors (Lipinski definition) is 3. The topological polar surface area (TPSA) is 39.1 Å². The van der Waals surface area contributed by atoms with E-state index in [0.717, 1.165) is 24.3 Å². The molecule has 1 saturated heterocycles. The summed E-state index contributed by atoms with van der Waals surface area (Å²) in [6.07, 6.45) is 0. The Bertz CT molecular complexity index is 445. The van der Waals surface area contributed by atoms with Crippen molar-refractivity contribution >= 4 is 5.69 Å². The van der Waals surface area contributed by atoms with Crippen LogP contribution in [0.5, 0.6) is 0 Å². The summed E-state index contributed by atoms with van der Waals surface area (Å²) in [5, 5.41) is 12.7. The van der Waals surface area contributed by atoms with Crippen LogP contribution in [0.15, 0.2) is 24.3 Å². The van der Waals surface area contributed by atoms with E-state index in [4.69, 9.17) is 5.26 Å². The monoisotopic (exact) mass is 229 g/mol. The van der Waals surface area contributed by atoms with Gasteiger partial charge < -0.3 is 10.2 Å². The van der Waals surface area contributed by atoms with Gasteiger partial charge in [0, 0.05) is 24.7 Å². The number of anilines is 1. The first kappa shape index (κ1) is 11.9. The quantitative estimate of drug-likeness (QED) is 0.802. The summed E-state index contributed by atoms with van der Waals surface area (Å²) in [6, 6.07) is 10.5. The summed E-state index contributed by atoms with van der Waals surface area (Å²) in [7, 11) is 0. The van der Waals surface area contributed by atoms with Crippen molar-refractivity contribution in [3.63, 3.8) is 0 Å². The summed E-state index contributed by atoms with van der Waals surface area (Å²) in [5.41, 5.74) is 1.90. The Hall–Kier alpha value is -1.53. The van der Waals surface area contributed by atoms with Crippen molar-refractivity contribution in [2.75, 3.05) is 18.0 Å². The van der Waals surface area contributed by atoms with Gasteiger partial charge in [-0.3, -0.25) is 0 Å². The first-order chi connectivity index (χ1) is 8.02. The molecule has 2 rings (SSSR count). The van der Waals surface area contributed by atoms with E-state index in [2.05, 4.69) is 37.1 Å². The molecular weight excluding hydrogens is 210 g/mol. The Balaban J connectivity index is 2.31. The van der Waals surface area contributed by atoms with Crippen LogP contribution in [0.3, 0.4) is 0 Å². The molecule has 1 aromatic rings. The van der Waals surface area contributed by atoms with Gasteiger partial charge in [0.2, 0.25) is 0 Å². The zero-order chi connectivity index (χ0) is 12.5. The Morgan fingerprint density at radius 3 is 2.76 bits per heavy atom. The highest BCUT2D eigenvalue weighted by Gasteiger charge is 2.30. The predicted molar refractivity (Wildman–Crippen MR) is 70.0 cm³/mol. The van der Waals surface area contributed by atoms with Gasteiger partial charge in [-0.1, -0.05) is 12.1 Å². The second-order valence-corrected chi connectivity index (χ2v) is 5.44. The Labute approximate surface area is 103 Å². The highest BCUT2D eigenvalue weighted by atomic mass is 15.2. The molecule has 0 saturated carbocycles. The van der Waals surface area contributed by atoms with Crippen molar-refractivity contribution in [3.05, 3.63) is 29.8 Å². The van der Waals surface area contributed by atoms with Crippen LogP contribution in [-0.2, 0) is 0 Å². The van der Waals surface area contributed by atoms with E-state index >= 15 is 0 Å². The summed E-state index contributed by atoms with van der Waals surface area (Å²) < 4.78 is 0. The van der Waals surface area contributed by atoms with Crippen LogP contribution in [0.2, 0.25) is 0 Å². The molecule has 0 aliphatic carbocycles. The molecule has 0 spiro atoms. The minimum absolute atomic E-state index is 0.0836. The van der Waals surface area contributed by atoms with Crippen LogP contribution in [0.1, 0.15) is 26.3 Å². The molecule has 0 radical (unpaired) electrons. The van der Waals surface area contributed by atoms with Crippen LogP contribution in [-0.4, -0.2) is 24.7 Å². The molecule has 1 fully saturated rings. The maximum atomic E-state index is 9.15. The SMILES string of the molecule is CC1CN(c2ccccc2C#N)CC(C)(C)N1. The molecule has 0 amide bonds. The van der Waals surface area contributed by atoms with E-state index in [1.54, 1.807) is 0 Å². The number of benzene rings is 1. The fraction of sp³-hybridized carbons (Fsp3) is 0.500. The molecule has 1 heterocycles. The number of para-hydroxylation sites is 1. The lowest BCUT2D eigenvalue weighted by Crippen LogP contribution is -2.61. The Morgan fingerprint density at radius 1 is 1.41 bits per heavy atom. The number of rotatable bonds is 1. The minimum Gasteiger partial charge on any atom is -0.367 e. The van der Waals surface area contributed by atoms with Gasteiger partial charge in [-0.15, -0.1) is 0 Å². The largest absolute Gasteiger partial charge is 0.367 e. The molecule has 0 aromatic heterocycles. The lowest BCUT2D eigenvalue weighted by molar-refractivity contribution is 0.301. The van der Waals surface area contributed by atoms with Gasteiger partial charge in [0.05, 0.1) is 11.3 Å². The molecular formula is C14H19N3. The van der Waals surface area contributed by atoms with Crippen LogP contribution < -0.4 is 10.2 Å². The fourth-order valence-electron chi connectivity index (χ4n) is 2.66. The van der Waals surface area contributed by atoms with Crippen LogP contribution in [0, 0.1) is 11.3 Å². The minimum atomic E-state index is 0.0836. The third kappa shape index (κ3) is 2.59. The summed E-state index contributed by atoms with van der Waals surface area (Å²) >= 11 is 0. The molecule has 1 unspecified atom stereocenters. The van der Waals surface area contributed by atoms with Crippen LogP contribution in [0.4, 0.5) is 5.69 Å². The number of nitrogens with one attached hydrogen (secondary N) is 1. The molecule has 0 bridgehead atoms. The lowest BCUT2D eigenvalue weighted by atomic mass is 9.98. The first-order valence-corrected chi connectivity index (χ1v) is 6.03. The standard InChI is InChI=1S/C14H19N3/c1-11-9-17(10-14(2,3)16-11)13-7-5-4-6-12(13)8-15/h4-7,11,16H,9-10H2,1-3H3. The van der Waals surface area contributed by atoms with Crippen molar-refractivity contribution in [2.24, 2.45) is 0 Å². The van der Waals surface area contributed by atoms with Gasteiger partial charge in [0.1, 0.15) is 6.07 Å². The van der Waals surface area contributed by atoms with E-state index in [-0.39, 0.29) is 5.54 Å². The van der Waals surface area contributed by atoms with Gasteiger partial charge in [-0.05, 0) is 32.9 Å². The van der Waals surface area contributed by atoms with Crippen molar-refractivity contribution in [3.8, 4) is 6.07 Å². The Morgan fingerprint density at radius 2 is 2.12 bits per heavy atom. The van der Waals surface area contributed by atoms with E-state index < -0.39 is 0 Å². The highest BCUT2D eigenvalue weighted by molar-refractivity contribution is 5.59. The maximum absolute atomic E-state index is 9.15. The summed E-state index contributed by atoms with van der Waals surface area (Å²) in [4.78, 5) is 2.31. The zero-order valence-electron chi connectivity index (χ0n) is 10.7. The van der Waals surface area contributed by atoms with Gasteiger partial charge in [0.15, 0.2) is 0 Å². The molecule has 3 heteroatoms. The molecule has 1 aliphatic heterocycles. The van der Waals surface area contributed by atoms with Gasteiger partial charge in [0.25, 0.3) is 0 Å². The first-order valence-electron chi connectivity index (χ1n) is 6.03. The number of piperazine rings is 1. The smallest absolute Gasteiger partial charge is 0.101 e. The van der Waals surface area contributed by atoms with E-state index in [1.807, 2.05) is 24.3 Å². The molecule has 17 heavy (non-hydrogen) atoms. The zero-order valence-corrected chi connectivity index (χ0v) is 10.7. The predicted octanol–water partition coefficient (Wildman–Crippen LogP) is 2.13. The maximum Gasteiger partial charge on any atom is 0.101 e. The summed E-state index contributed by atoms with van der Waals surface area (Å²) in [5.74, 6) is 0. The van der Waals surface area contributed by atoms with Crippen LogP contribution >= 0.6 is 0 Å². The lowest BCUT2D eigenvalue weighted by Gasteiger charge is -2.44. The number of hydrogen-bond donors (Lipinski definition) is 1. The van der Waals surface area contributed by atoms with Crippen molar-refractivity contribution in [1.82, 2.24) is 5.32 Å². The third-order valence-electron chi connectivity index (χ3n) is 3.08. The van der Waals surface area contributed by atoms with Crippen LogP contribution in [0.25, 0.3) is 0 Å². The normalized spacial score (nSPS) is 23.2. The second-order valence-electron chi connectivity index (χ2n) is 5.44. The van der Waals surface area contributed by atoms with Gasteiger partial charge in [-0.25, -0.2) is 0 Å². The van der Waals surface area contributed by atoms with Gasteiger partial charge in [-0.2, -0.15) is 5.26 Å². The molecule has 1 aliphatic rings. The molecule has 1 aromatic carbocycles. The van der Waals surface area contributed by atoms with E-state index in [9.17, 15) is 0 Å². The average molecular weight is 229 g/mol. The van der Waals surface area contributed by atoms with Crippen molar-refractivity contribution in [1.29, 1.82) is 5.26 Å². The molecule has 3 nitrogen and oxygen atoms in total. The average Bonchev–Trinajstić information content (AvgIpc) is 2.26. The number of nitrogens with zero attached hydrogens (tertiary/aromatic N) is 2. The Kier molecular flexibility index (Phi) is 3.08. The van der Waals surface area contributed by atoms with Crippen molar-refractivity contribution in [2.45, 2.75) is 32.4 Å². The van der Waals surface area contributed by atoms with Crippen molar-refractivity contribution < 1.29 is 0 Å².